The summed E-state index contributed by atoms with van der Waals surface area (Å²) in [6.07, 6.45) is 1.12. The molecular weight excluding hydrogens is 634 g/mol. The Labute approximate surface area is 292 Å². The number of hydrogen-bond donors (Lipinski definition) is 5. The average Bonchev–Trinajstić information content (AvgIpc) is 3.10. The van der Waals surface area contributed by atoms with Crippen LogP contribution in [0.1, 0.15) is 82.9 Å². The second-order valence-corrected chi connectivity index (χ2v) is 13.1. The molecule has 4 aromatic rings. The van der Waals surface area contributed by atoms with Crippen LogP contribution < -0.4 is 21.1 Å². The van der Waals surface area contributed by atoms with Crippen LogP contribution in [0, 0.1) is 17.2 Å². The molecule has 262 valence electrons. The fraction of sp³-hybridized carbons (Fsp3) is 0.308. The van der Waals surface area contributed by atoms with Crippen molar-refractivity contribution in [2.45, 2.75) is 52.7 Å². The first-order chi connectivity index (χ1) is 23.8. The van der Waals surface area contributed by atoms with Crippen molar-refractivity contribution in [3.05, 3.63) is 113 Å². The van der Waals surface area contributed by atoms with Crippen LogP contribution in [0.5, 0.6) is 5.88 Å². The molecule has 0 saturated carbocycles. The molecular formula is C39H45N5O6. The van der Waals surface area contributed by atoms with Crippen molar-refractivity contribution in [1.29, 1.82) is 5.41 Å². The van der Waals surface area contributed by atoms with Gasteiger partial charge in [0.1, 0.15) is 18.1 Å². The average molecular weight is 680 g/mol. The van der Waals surface area contributed by atoms with E-state index >= 15 is 0 Å². The van der Waals surface area contributed by atoms with Crippen molar-refractivity contribution in [3.8, 4) is 17.0 Å². The molecule has 3 aromatic carbocycles. The summed E-state index contributed by atoms with van der Waals surface area (Å²) in [5.41, 5.74) is 7.20. The normalized spacial score (nSPS) is 11.3. The number of nitrogens with two attached hydrogens (primary N) is 1. The number of aliphatic hydroxyl groups is 1. The van der Waals surface area contributed by atoms with Crippen LogP contribution >= 0.6 is 0 Å². The molecule has 0 fully saturated rings. The summed E-state index contributed by atoms with van der Waals surface area (Å²) in [5, 5.41) is 24.0. The lowest BCUT2D eigenvalue weighted by atomic mass is 9.82. The molecule has 50 heavy (non-hydrogen) atoms. The third-order valence-electron chi connectivity index (χ3n) is 8.03. The van der Waals surface area contributed by atoms with Gasteiger partial charge in [0.2, 0.25) is 5.88 Å². The largest absolute Gasteiger partial charge is 0.481 e. The van der Waals surface area contributed by atoms with E-state index < -0.39 is 23.3 Å². The summed E-state index contributed by atoms with van der Waals surface area (Å²) in [5.74, 6) is -1.29. The molecule has 0 aliphatic heterocycles. The van der Waals surface area contributed by atoms with Gasteiger partial charge in [-0.3, -0.25) is 15.0 Å². The van der Waals surface area contributed by atoms with Crippen molar-refractivity contribution in [1.82, 2.24) is 10.3 Å². The molecule has 0 unspecified atom stereocenters. The Morgan fingerprint density at radius 2 is 1.48 bits per heavy atom. The maximum absolute atomic E-state index is 13.8. The van der Waals surface area contributed by atoms with Crippen LogP contribution in [-0.4, -0.2) is 53.0 Å². The van der Waals surface area contributed by atoms with Gasteiger partial charge < -0.3 is 30.9 Å². The Morgan fingerprint density at radius 1 is 0.860 bits per heavy atom. The molecule has 4 rings (SSSR count). The van der Waals surface area contributed by atoms with E-state index in [-0.39, 0.29) is 53.6 Å². The number of benzene rings is 3. The minimum Gasteiger partial charge on any atom is -0.481 e. The smallest absolute Gasteiger partial charge is 0.339 e. The summed E-state index contributed by atoms with van der Waals surface area (Å²) in [7, 11) is 1.43. The van der Waals surface area contributed by atoms with Crippen molar-refractivity contribution < 1.29 is 29.0 Å². The Bertz CT molecular complexity index is 1810. The van der Waals surface area contributed by atoms with Gasteiger partial charge in [-0.05, 0) is 78.3 Å². The molecule has 1 heterocycles. The number of amidine groups is 1. The fourth-order valence-corrected chi connectivity index (χ4v) is 5.99. The molecule has 6 N–H and O–H groups in total. The number of hydrogen-bond acceptors (Lipinski definition) is 8. The standard InChI is InChI=1S/C39H45N5O6/c1-24(2)20-39(23-45,21-25(3)4)44-36(46)28-13-16-30(32(19-28)38(48)50-22-26-9-7-6-8-10-26)31-17-18-33(49-5)43-34(31)37(47)42-29-14-11-27(12-15-29)35(40)41/h6-19,24-25,45H,20-23H2,1-5H3,(H3,40,41)(H,42,47)(H,44,46). The van der Waals surface area contributed by atoms with E-state index in [0.717, 1.165) is 5.56 Å². The van der Waals surface area contributed by atoms with E-state index in [4.69, 9.17) is 20.6 Å². The Kier molecular flexibility index (Phi) is 12.5. The molecule has 1 aromatic heterocycles. The van der Waals surface area contributed by atoms with Gasteiger partial charge in [-0.25, -0.2) is 9.78 Å². The molecule has 0 atom stereocenters. The van der Waals surface area contributed by atoms with Crippen LogP contribution in [-0.2, 0) is 11.3 Å². The zero-order valence-corrected chi connectivity index (χ0v) is 29.1. The second-order valence-electron chi connectivity index (χ2n) is 13.1. The lowest BCUT2D eigenvalue weighted by Crippen LogP contribution is -2.53. The van der Waals surface area contributed by atoms with Crippen LogP contribution in [0.25, 0.3) is 11.1 Å². The minimum absolute atomic E-state index is 0.0175. The second kappa shape index (κ2) is 16.7. The third-order valence-corrected chi connectivity index (χ3v) is 8.03. The highest BCUT2D eigenvalue weighted by atomic mass is 16.5. The van der Waals surface area contributed by atoms with Gasteiger partial charge in [-0.1, -0.05) is 64.1 Å². The van der Waals surface area contributed by atoms with Gasteiger partial charge in [0.05, 0.1) is 24.8 Å². The number of carbonyl (C=O) groups excluding carboxylic acids is 3. The summed E-state index contributed by atoms with van der Waals surface area (Å²) in [6.45, 7) is 7.87. The number of carbonyl (C=O) groups is 3. The molecule has 0 spiro atoms. The van der Waals surface area contributed by atoms with Crippen LogP contribution in [0.4, 0.5) is 5.69 Å². The topological polar surface area (TPSA) is 177 Å². The highest BCUT2D eigenvalue weighted by molar-refractivity contribution is 6.10. The number of esters is 1. The van der Waals surface area contributed by atoms with E-state index in [9.17, 15) is 19.5 Å². The third kappa shape index (κ3) is 9.54. The number of nitrogen functional groups attached to an aromatic ring is 1. The molecule has 0 radical (unpaired) electrons. The number of nitrogens with zero attached hydrogens (tertiary/aromatic N) is 1. The highest BCUT2D eigenvalue weighted by Gasteiger charge is 2.34. The maximum atomic E-state index is 13.8. The first-order valence-corrected chi connectivity index (χ1v) is 16.4. The van der Waals surface area contributed by atoms with Crippen LogP contribution in [0.3, 0.4) is 0 Å². The first kappa shape index (κ1) is 37.3. The molecule has 11 nitrogen and oxygen atoms in total. The van der Waals surface area contributed by atoms with Crippen molar-refractivity contribution in [2.75, 3.05) is 19.0 Å². The summed E-state index contributed by atoms with van der Waals surface area (Å²) < 4.78 is 11.0. The summed E-state index contributed by atoms with van der Waals surface area (Å²) in [6, 6.07) is 23.4. The zero-order chi connectivity index (χ0) is 36.4. The number of aromatic nitrogens is 1. The minimum atomic E-state index is -0.861. The Hall–Kier alpha value is -5.55. The van der Waals surface area contributed by atoms with Gasteiger partial charge in [-0.2, -0.15) is 0 Å². The molecule has 0 bridgehead atoms. The Balaban J connectivity index is 1.78. The number of rotatable bonds is 15. The van der Waals surface area contributed by atoms with Gasteiger partial charge in [0, 0.05) is 28.4 Å². The van der Waals surface area contributed by atoms with Crippen molar-refractivity contribution in [2.24, 2.45) is 17.6 Å². The van der Waals surface area contributed by atoms with Crippen molar-refractivity contribution >= 4 is 29.3 Å². The van der Waals surface area contributed by atoms with Crippen molar-refractivity contribution in [3.63, 3.8) is 0 Å². The molecule has 0 aliphatic carbocycles. The van der Waals surface area contributed by atoms with Crippen LogP contribution in [0.2, 0.25) is 0 Å². The number of nitrogens with one attached hydrogen (secondary N) is 3. The number of ether oxygens (including phenoxy) is 2. The lowest BCUT2D eigenvalue weighted by molar-refractivity contribution is 0.0473. The van der Waals surface area contributed by atoms with E-state index in [0.29, 0.717) is 35.2 Å². The van der Waals surface area contributed by atoms with Gasteiger partial charge in [-0.15, -0.1) is 0 Å². The quantitative estimate of drug-likeness (QED) is 0.0560. The predicted octanol–water partition coefficient (Wildman–Crippen LogP) is 6.20. The zero-order valence-electron chi connectivity index (χ0n) is 29.1. The number of aliphatic hydroxyl groups excluding tert-OH is 1. The van der Waals surface area contributed by atoms with Gasteiger partial charge in [0.25, 0.3) is 11.8 Å². The van der Waals surface area contributed by atoms with E-state index in [1.54, 1.807) is 48.5 Å². The number of methoxy groups -OCH3 is 1. The fourth-order valence-electron chi connectivity index (χ4n) is 5.99. The maximum Gasteiger partial charge on any atom is 0.339 e. The van der Waals surface area contributed by atoms with E-state index in [2.05, 4.69) is 15.6 Å². The number of pyridine rings is 1. The molecule has 11 heteroatoms. The molecule has 0 aliphatic rings. The first-order valence-electron chi connectivity index (χ1n) is 16.4. The summed E-state index contributed by atoms with van der Waals surface area (Å²) >= 11 is 0. The highest BCUT2D eigenvalue weighted by Crippen LogP contribution is 2.32. The number of amides is 2. The van der Waals surface area contributed by atoms with Gasteiger partial charge >= 0.3 is 5.97 Å². The molecule has 0 saturated heterocycles. The van der Waals surface area contributed by atoms with Gasteiger partial charge in [0.15, 0.2) is 0 Å². The number of anilines is 1. The van der Waals surface area contributed by atoms with Crippen LogP contribution in [0.15, 0.2) is 84.9 Å². The lowest BCUT2D eigenvalue weighted by Gasteiger charge is -2.36. The summed E-state index contributed by atoms with van der Waals surface area (Å²) in [4.78, 5) is 45.8. The molecule has 2 amide bonds. The Morgan fingerprint density at radius 3 is 2.06 bits per heavy atom. The monoisotopic (exact) mass is 679 g/mol. The van der Waals surface area contributed by atoms with E-state index in [1.807, 2.05) is 58.0 Å². The predicted molar refractivity (Wildman–Crippen MR) is 193 cm³/mol. The van der Waals surface area contributed by atoms with E-state index in [1.165, 1.54) is 13.2 Å². The SMILES string of the molecule is COc1ccc(-c2ccc(C(=O)NC(CO)(CC(C)C)CC(C)C)cc2C(=O)OCc2ccccc2)c(C(=O)Nc2ccc(C(=N)N)cc2)n1.